The van der Waals surface area contributed by atoms with Crippen LogP contribution in [0.4, 0.5) is 10.9 Å². The van der Waals surface area contributed by atoms with Crippen molar-refractivity contribution in [1.82, 2.24) is 20.2 Å². The number of rotatable bonds is 3. The van der Waals surface area contributed by atoms with Crippen LogP contribution in [-0.2, 0) is 0 Å². The molecule has 0 saturated carbocycles. The summed E-state index contributed by atoms with van der Waals surface area (Å²) in [4.78, 5) is 8.48. The molecule has 24 heavy (non-hydrogen) atoms. The molecule has 8 heteroatoms. The van der Waals surface area contributed by atoms with Crippen LogP contribution in [0.5, 0.6) is 0 Å². The topological polar surface area (TPSA) is 63.6 Å². The Morgan fingerprint density at radius 2 is 1.75 bits per heavy atom. The number of hydrogen-bond acceptors (Lipinski definition) is 6. The third-order valence-corrected chi connectivity index (χ3v) is 4.90. The molecule has 2 heterocycles. The molecule has 5 nitrogen and oxygen atoms in total. The van der Waals surface area contributed by atoms with Crippen molar-refractivity contribution in [3.8, 4) is 10.6 Å². The quantitative estimate of drug-likeness (QED) is 0.457. The minimum absolute atomic E-state index is 0.189. The van der Waals surface area contributed by atoms with E-state index in [4.69, 9.17) is 11.6 Å². The van der Waals surface area contributed by atoms with Gasteiger partial charge >= 0.3 is 0 Å². The summed E-state index contributed by atoms with van der Waals surface area (Å²) < 4.78 is 1.02. The van der Waals surface area contributed by atoms with Crippen LogP contribution >= 0.6 is 38.9 Å². The number of nitrogens with zero attached hydrogens (tertiary/aromatic N) is 4. The summed E-state index contributed by atoms with van der Waals surface area (Å²) in [5.74, 6) is 0.615. The highest BCUT2D eigenvalue weighted by Gasteiger charge is 2.11. The molecule has 0 fully saturated rings. The second-order valence-corrected chi connectivity index (χ2v) is 7.13. The molecule has 0 spiro atoms. The number of aromatic nitrogens is 4. The van der Waals surface area contributed by atoms with Gasteiger partial charge in [0.15, 0.2) is 0 Å². The normalized spacial score (nSPS) is 10.9. The molecule has 2 aromatic heterocycles. The maximum atomic E-state index is 6.01. The summed E-state index contributed by atoms with van der Waals surface area (Å²) in [7, 11) is 0. The van der Waals surface area contributed by atoms with Crippen molar-refractivity contribution in [2.24, 2.45) is 0 Å². The molecule has 0 aliphatic rings. The highest BCUT2D eigenvalue weighted by Crippen LogP contribution is 2.31. The van der Waals surface area contributed by atoms with E-state index >= 15 is 0 Å². The largest absolute Gasteiger partial charge is 0.314 e. The molecule has 0 atom stereocenters. The van der Waals surface area contributed by atoms with E-state index in [0.29, 0.717) is 10.9 Å². The summed E-state index contributed by atoms with van der Waals surface area (Å²) in [6, 6.07) is 15.6. The lowest BCUT2D eigenvalue weighted by molar-refractivity contribution is 1.09. The molecular formula is C16H9BrClN5S. The van der Waals surface area contributed by atoms with Gasteiger partial charge in [0.05, 0.1) is 5.52 Å². The first kappa shape index (κ1) is 15.4. The number of hydrogen-bond donors (Lipinski definition) is 1. The van der Waals surface area contributed by atoms with Crippen LogP contribution in [-0.4, -0.2) is 20.2 Å². The van der Waals surface area contributed by atoms with Crippen LogP contribution in [0.2, 0.25) is 5.28 Å². The van der Waals surface area contributed by atoms with Crippen molar-refractivity contribution >= 4 is 60.7 Å². The fraction of sp³-hybridized carbons (Fsp3) is 0. The molecule has 0 unspecified atom stereocenters. The Morgan fingerprint density at radius 1 is 0.958 bits per heavy atom. The standard InChI is InChI=1S/C16H9BrClN5S/c17-10-7-5-9(6-8-10)14-22-23-16(24-14)21-13-11-3-1-2-4-12(11)19-15(18)20-13/h1-8H,(H,19,20,21,23). The fourth-order valence-electron chi connectivity index (χ4n) is 2.23. The van der Waals surface area contributed by atoms with E-state index < -0.39 is 0 Å². The Morgan fingerprint density at radius 3 is 2.58 bits per heavy atom. The number of nitrogens with one attached hydrogen (secondary N) is 1. The number of halogens is 2. The van der Waals surface area contributed by atoms with E-state index in [2.05, 4.69) is 41.4 Å². The van der Waals surface area contributed by atoms with Gasteiger partial charge in [0, 0.05) is 15.4 Å². The van der Waals surface area contributed by atoms with E-state index in [1.807, 2.05) is 48.5 Å². The van der Waals surface area contributed by atoms with Gasteiger partial charge in [-0.3, -0.25) is 0 Å². The second kappa shape index (κ2) is 6.43. The first-order chi connectivity index (χ1) is 11.7. The Kier molecular flexibility index (Phi) is 4.13. The predicted octanol–water partition coefficient (Wildman–Crippen LogP) is 5.31. The number of fused-ring (bicyclic) bond motifs is 1. The van der Waals surface area contributed by atoms with Gasteiger partial charge in [-0.05, 0) is 35.9 Å². The summed E-state index contributed by atoms with van der Waals surface area (Å²) in [5.41, 5.74) is 1.78. The van der Waals surface area contributed by atoms with Crippen LogP contribution in [0, 0.1) is 0 Å². The van der Waals surface area contributed by atoms with Crippen LogP contribution < -0.4 is 5.32 Å². The Hall–Kier alpha value is -2.09. The number of benzene rings is 2. The third-order valence-electron chi connectivity index (χ3n) is 3.32. The average molecular weight is 419 g/mol. The monoisotopic (exact) mass is 417 g/mol. The van der Waals surface area contributed by atoms with E-state index in [9.17, 15) is 0 Å². The summed E-state index contributed by atoms with van der Waals surface area (Å²) in [5, 5.41) is 14.1. The van der Waals surface area contributed by atoms with E-state index in [1.165, 1.54) is 11.3 Å². The molecule has 0 aliphatic carbocycles. The van der Waals surface area contributed by atoms with Gasteiger partial charge < -0.3 is 5.32 Å². The van der Waals surface area contributed by atoms with Gasteiger partial charge in [0.25, 0.3) is 0 Å². The van der Waals surface area contributed by atoms with Crippen LogP contribution in [0.1, 0.15) is 0 Å². The SMILES string of the molecule is Clc1nc(Nc2nnc(-c3ccc(Br)cc3)s2)c2ccccc2n1. The average Bonchev–Trinajstić information content (AvgIpc) is 3.04. The van der Waals surface area contributed by atoms with E-state index in [0.717, 1.165) is 25.9 Å². The molecule has 4 rings (SSSR count). The smallest absolute Gasteiger partial charge is 0.224 e. The minimum Gasteiger partial charge on any atom is -0.314 e. The zero-order valence-electron chi connectivity index (χ0n) is 12.1. The summed E-state index contributed by atoms with van der Waals surface area (Å²) >= 11 is 10.9. The van der Waals surface area contributed by atoms with Crippen molar-refractivity contribution in [3.05, 3.63) is 58.3 Å². The zero-order chi connectivity index (χ0) is 16.5. The fourth-order valence-corrected chi connectivity index (χ4v) is 3.42. The first-order valence-electron chi connectivity index (χ1n) is 6.98. The van der Waals surface area contributed by atoms with Gasteiger partial charge in [0.2, 0.25) is 10.4 Å². The predicted molar refractivity (Wildman–Crippen MR) is 101 cm³/mol. The molecule has 0 radical (unpaired) electrons. The maximum absolute atomic E-state index is 6.01. The molecular weight excluding hydrogens is 410 g/mol. The Balaban J connectivity index is 1.68. The van der Waals surface area contributed by atoms with E-state index in [-0.39, 0.29) is 5.28 Å². The Bertz CT molecular complexity index is 1020. The number of para-hydroxylation sites is 1. The summed E-state index contributed by atoms with van der Waals surface area (Å²) in [6.45, 7) is 0. The van der Waals surface area contributed by atoms with Crippen LogP contribution in [0.3, 0.4) is 0 Å². The lowest BCUT2D eigenvalue weighted by Gasteiger charge is -2.05. The molecule has 0 amide bonds. The van der Waals surface area contributed by atoms with Crippen molar-refractivity contribution in [2.75, 3.05) is 5.32 Å². The van der Waals surface area contributed by atoms with Gasteiger partial charge in [0.1, 0.15) is 10.8 Å². The van der Waals surface area contributed by atoms with Crippen LogP contribution in [0.25, 0.3) is 21.5 Å². The van der Waals surface area contributed by atoms with Crippen molar-refractivity contribution < 1.29 is 0 Å². The van der Waals surface area contributed by atoms with Crippen LogP contribution in [0.15, 0.2) is 53.0 Å². The molecule has 2 aromatic carbocycles. The molecule has 0 aliphatic heterocycles. The van der Waals surface area contributed by atoms with E-state index in [1.54, 1.807) is 0 Å². The highest BCUT2D eigenvalue weighted by atomic mass is 79.9. The number of anilines is 2. The molecule has 4 aromatic rings. The maximum Gasteiger partial charge on any atom is 0.224 e. The van der Waals surface area contributed by atoms with Gasteiger partial charge in [-0.1, -0.05) is 51.5 Å². The van der Waals surface area contributed by atoms with Crippen molar-refractivity contribution in [1.29, 1.82) is 0 Å². The van der Waals surface area contributed by atoms with Crippen molar-refractivity contribution in [3.63, 3.8) is 0 Å². The summed E-state index contributed by atoms with van der Waals surface area (Å²) in [6.07, 6.45) is 0. The molecule has 0 bridgehead atoms. The zero-order valence-corrected chi connectivity index (χ0v) is 15.2. The second-order valence-electron chi connectivity index (χ2n) is 4.90. The highest BCUT2D eigenvalue weighted by molar-refractivity contribution is 9.10. The first-order valence-corrected chi connectivity index (χ1v) is 8.96. The lowest BCUT2D eigenvalue weighted by atomic mass is 10.2. The molecule has 0 saturated heterocycles. The van der Waals surface area contributed by atoms with Gasteiger partial charge in [-0.25, -0.2) is 4.98 Å². The minimum atomic E-state index is 0.189. The molecule has 118 valence electrons. The van der Waals surface area contributed by atoms with Gasteiger partial charge in [-0.2, -0.15) is 4.98 Å². The lowest BCUT2D eigenvalue weighted by Crippen LogP contribution is -1.96. The third kappa shape index (κ3) is 3.10. The Labute approximate surface area is 154 Å². The van der Waals surface area contributed by atoms with Gasteiger partial charge in [-0.15, -0.1) is 10.2 Å². The van der Waals surface area contributed by atoms with Crippen molar-refractivity contribution in [2.45, 2.75) is 0 Å². The molecule has 1 N–H and O–H groups in total.